The van der Waals surface area contributed by atoms with E-state index in [0.29, 0.717) is 11.8 Å². The predicted molar refractivity (Wildman–Crippen MR) is 75.4 cm³/mol. The zero-order chi connectivity index (χ0) is 12.8. The SMILES string of the molecule is CCN1CCCC(CNC(=O)C(Br)C(C)C)C1. The van der Waals surface area contributed by atoms with Gasteiger partial charge in [-0.25, -0.2) is 0 Å². The molecular formula is C13H25BrN2O. The van der Waals surface area contributed by atoms with E-state index in [-0.39, 0.29) is 10.7 Å². The largest absolute Gasteiger partial charge is 0.355 e. The van der Waals surface area contributed by atoms with Gasteiger partial charge in [0.05, 0.1) is 4.83 Å². The van der Waals surface area contributed by atoms with Crippen molar-refractivity contribution in [3.63, 3.8) is 0 Å². The van der Waals surface area contributed by atoms with Crippen LogP contribution >= 0.6 is 15.9 Å². The van der Waals surface area contributed by atoms with Gasteiger partial charge < -0.3 is 10.2 Å². The Morgan fingerprint density at radius 3 is 2.82 bits per heavy atom. The molecule has 0 spiro atoms. The van der Waals surface area contributed by atoms with Gasteiger partial charge in [0.15, 0.2) is 0 Å². The van der Waals surface area contributed by atoms with Gasteiger partial charge in [0.25, 0.3) is 0 Å². The number of nitrogens with zero attached hydrogens (tertiary/aromatic N) is 1. The van der Waals surface area contributed by atoms with Crippen LogP contribution in [0.15, 0.2) is 0 Å². The van der Waals surface area contributed by atoms with Crippen molar-refractivity contribution in [3.8, 4) is 0 Å². The molecule has 1 fully saturated rings. The lowest BCUT2D eigenvalue weighted by Gasteiger charge is -2.32. The van der Waals surface area contributed by atoms with Crippen molar-refractivity contribution in [2.24, 2.45) is 11.8 Å². The van der Waals surface area contributed by atoms with E-state index in [1.165, 1.54) is 19.4 Å². The number of alkyl halides is 1. The number of hydrogen-bond donors (Lipinski definition) is 1. The van der Waals surface area contributed by atoms with E-state index < -0.39 is 0 Å². The van der Waals surface area contributed by atoms with Crippen LogP contribution in [0.5, 0.6) is 0 Å². The maximum atomic E-state index is 11.8. The van der Waals surface area contributed by atoms with Gasteiger partial charge >= 0.3 is 0 Å². The van der Waals surface area contributed by atoms with Crippen molar-refractivity contribution in [3.05, 3.63) is 0 Å². The molecule has 1 N–H and O–H groups in total. The van der Waals surface area contributed by atoms with Gasteiger partial charge in [-0.3, -0.25) is 4.79 Å². The van der Waals surface area contributed by atoms with E-state index in [2.05, 4.69) is 46.9 Å². The number of rotatable bonds is 5. The van der Waals surface area contributed by atoms with Crippen LogP contribution in [0.3, 0.4) is 0 Å². The van der Waals surface area contributed by atoms with Gasteiger partial charge in [0.1, 0.15) is 0 Å². The lowest BCUT2D eigenvalue weighted by atomic mass is 9.98. The first-order chi connectivity index (χ1) is 8.04. The zero-order valence-corrected chi connectivity index (χ0v) is 12.8. The Morgan fingerprint density at radius 2 is 2.24 bits per heavy atom. The maximum Gasteiger partial charge on any atom is 0.234 e. The Hall–Kier alpha value is -0.0900. The third kappa shape index (κ3) is 4.96. The monoisotopic (exact) mass is 304 g/mol. The summed E-state index contributed by atoms with van der Waals surface area (Å²) in [5.74, 6) is 1.10. The number of likely N-dealkylation sites (tertiary alicyclic amines) is 1. The molecule has 1 rings (SSSR count). The van der Waals surface area contributed by atoms with Crippen LogP contribution in [0.25, 0.3) is 0 Å². The third-order valence-electron chi connectivity index (χ3n) is 3.45. The molecule has 1 aliphatic rings. The van der Waals surface area contributed by atoms with E-state index in [0.717, 1.165) is 19.6 Å². The first-order valence-electron chi connectivity index (χ1n) is 6.68. The molecule has 1 amide bonds. The summed E-state index contributed by atoms with van der Waals surface area (Å²) in [6.45, 7) is 10.6. The molecule has 1 aliphatic heterocycles. The minimum atomic E-state index is -0.0617. The number of nitrogens with one attached hydrogen (secondary N) is 1. The Bertz CT molecular complexity index is 246. The van der Waals surface area contributed by atoms with Crippen molar-refractivity contribution in [1.82, 2.24) is 10.2 Å². The minimum Gasteiger partial charge on any atom is -0.355 e. The smallest absolute Gasteiger partial charge is 0.234 e. The lowest BCUT2D eigenvalue weighted by molar-refractivity contribution is -0.121. The van der Waals surface area contributed by atoms with E-state index in [9.17, 15) is 4.79 Å². The van der Waals surface area contributed by atoms with Crippen LogP contribution in [0.1, 0.15) is 33.6 Å². The number of amides is 1. The molecule has 100 valence electrons. The summed E-state index contributed by atoms with van der Waals surface area (Å²) in [5, 5.41) is 3.07. The van der Waals surface area contributed by atoms with Gasteiger partial charge in [-0.15, -0.1) is 0 Å². The standard InChI is InChI=1S/C13H25BrN2O/c1-4-16-7-5-6-11(9-16)8-15-13(17)12(14)10(2)3/h10-12H,4-9H2,1-3H3,(H,15,17). The number of carbonyl (C=O) groups is 1. The van der Waals surface area contributed by atoms with Gasteiger partial charge in [-0.2, -0.15) is 0 Å². The Labute approximate surface area is 113 Å². The summed E-state index contributed by atoms with van der Waals surface area (Å²) in [4.78, 5) is 14.2. The highest BCUT2D eigenvalue weighted by Gasteiger charge is 2.22. The second-order valence-electron chi connectivity index (χ2n) is 5.29. The van der Waals surface area contributed by atoms with Crippen molar-refractivity contribution >= 4 is 21.8 Å². The molecule has 0 aromatic rings. The Kier molecular flexibility index (Phi) is 6.49. The zero-order valence-electron chi connectivity index (χ0n) is 11.2. The summed E-state index contributed by atoms with van der Waals surface area (Å²) in [6.07, 6.45) is 2.50. The summed E-state index contributed by atoms with van der Waals surface area (Å²) in [6, 6.07) is 0. The van der Waals surface area contributed by atoms with Gasteiger partial charge in [0.2, 0.25) is 5.91 Å². The molecule has 0 bridgehead atoms. The second-order valence-corrected chi connectivity index (χ2v) is 6.28. The second kappa shape index (κ2) is 7.37. The molecule has 1 saturated heterocycles. The van der Waals surface area contributed by atoms with E-state index in [4.69, 9.17) is 0 Å². The average molecular weight is 305 g/mol. The van der Waals surface area contributed by atoms with E-state index >= 15 is 0 Å². The summed E-state index contributed by atoms with van der Waals surface area (Å²) in [7, 11) is 0. The number of halogens is 1. The maximum absolute atomic E-state index is 11.8. The van der Waals surface area contributed by atoms with Crippen LogP contribution in [-0.2, 0) is 4.79 Å². The van der Waals surface area contributed by atoms with Gasteiger partial charge in [-0.1, -0.05) is 36.7 Å². The quantitative estimate of drug-likeness (QED) is 0.790. The third-order valence-corrected chi connectivity index (χ3v) is 4.92. The first kappa shape index (κ1) is 15.0. The van der Waals surface area contributed by atoms with Crippen LogP contribution < -0.4 is 5.32 Å². The van der Waals surface area contributed by atoms with Gasteiger partial charge in [0, 0.05) is 13.1 Å². The average Bonchev–Trinajstić information content (AvgIpc) is 2.35. The topological polar surface area (TPSA) is 32.3 Å². The molecule has 4 heteroatoms. The fraction of sp³-hybridized carbons (Fsp3) is 0.923. The minimum absolute atomic E-state index is 0.0617. The van der Waals surface area contributed by atoms with E-state index in [1.807, 2.05) is 0 Å². The molecule has 17 heavy (non-hydrogen) atoms. The summed E-state index contributed by atoms with van der Waals surface area (Å²) >= 11 is 3.44. The van der Waals surface area contributed by atoms with Crippen molar-refractivity contribution in [2.75, 3.05) is 26.2 Å². The molecule has 2 atom stereocenters. The normalized spacial score (nSPS) is 23.7. The molecule has 1 heterocycles. The first-order valence-corrected chi connectivity index (χ1v) is 7.60. The number of piperidine rings is 1. The molecule has 0 saturated carbocycles. The molecule has 0 aromatic carbocycles. The highest BCUT2D eigenvalue weighted by atomic mass is 79.9. The number of hydrogen-bond acceptors (Lipinski definition) is 2. The summed E-state index contributed by atoms with van der Waals surface area (Å²) in [5.41, 5.74) is 0. The number of carbonyl (C=O) groups excluding carboxylic acids is 1. The molecule has 0 aromatic heterocycles. The molecular weight excluding hydrogens is 280 g/mol. The van der Waals surface area contributed by atoms with Crippen LogP contribution in [0.4, 0.5) is 0 Å². The predicted octanol–water partition coefficient (Wildman–Crippen LogP) is 2.25. The summed E-state index contributed by atoms with van der Waals surface area (Å²) < 4.78 is 0. The van der Waals surface area contributed by atoms with Gasteiger partial charge in [-0.05, 0) is 37.8 Å². The highest BCUT2D eigenvalue weighted by Crippen LogP contribution is 2.16. The van der Waals surface area contributed by atoms with Crippen molar-refractivity contribution < 1.29 is 4.79 Å². The van der Waals surface area contributed by atoms with Crippen LogP contribution in [0.2, 0.25) is 0 Å². The Morgan fingerprint density at radius 1 is 1.53 bits per heavy atom. The molecule has 0 radical (unpaired) electrons. The van der Waals surface area contributed by atoms with Crippen molar-refractivity contribution in [2.45, 2.75) is 38.4 Å². The Balaban J connectivity index is 2.28. The van der Waals surface area contributed by atoms with Crippen LogP contribution in [0, 0.1) is 11.8 Å². The fourth-order valence-electron chi connectivity index (χ4n) is 2.25. The highest BCUT2D eigenvalue weighted by molar-refractivity contribution is 9.10. The molecule has 0 aliphatic carbocycles. The van der Waals surface area contributed by atoms with E-state index in [1.54, 1.807) is 0 Å². The van der Waals surface area contributed by atoms with Crippen LogP contribution in [-0.4, -0.2) is 41.8 Å². The van der Waals surface area contributed by atoms with Crippen molar-refractivity contribution in [1.29, 1.82) is 0 Å². The lowest BCUT2D eigenvalue weighted by Crippen LogP contribution is -2.43. The fourth-order valence-corrected chi connectivity index (χ4v) is 2.41. The molecule has 2 unspecified atom stereocenters. The molecule has 3 nitrogen and oxygen atoms in total.